The van der Waals surface area contributed by atoms with Crippen molar-refractivity contribution in [2.45, 2.75) is 6.92 Å². The summed E-state index contributed by atoms with van der Waals surface area (Å²) in [6.07, 6.45) is 4.41. The van der Waals surface area contributed by atoms with Gasteiger partial charge in [0.1, 0.15) is 0 Å². The Morgan fingerprint density at radius 2 is 2.15 bits per heavy atom. The van der Waals surface area contributed by atoms with E-state index in [2.05, 4.69) is 22.5 Å². The van der Waals surface area contributed by atoms with Gasteiger partial charge in [0.25, 0.3) is 0 Å². The van der Waals surface area contributed by atoms with Gasteiger partial charge in [-0.15, -0.1) is 0 Å². The molecule has 0 aliphatic heterocycles. The SMILES string of the molecule is [CH2]=[Tl][n]1cnc2ccc(-c3cnc(C=O)cc3C)cc21. The van der Waals surface area contributed by atoms with Gasteiger partial charge in [-0.05, 0) is 0 Å². The molecule has 1 aromatic carbocycles. The predicted octanol–water partition coefficient (Wildman–Crippen LogP) is 2.12. The fraction of sp³-hybridized carbons (Fsp3) is 0.0667. The molecule has 2 heterocycles. The Hall–Kier alpha value is -1.70. The number of carbonyl (C=O) groups excluding carboxylic acids is 1. The number of aldehydes is 1. The van der Waals surface area contributed by atoms with Gasteiger partial charge < -0.3 is 0 Å². The van der Waals surface area contributed by atoms with Gasteiger partial charge in [-0.1, -0.05) is 0 Å². The van der Waals surface area contributed by atoms with Crippen LogP contribution in [0.25, 0.3) is 22.2 Å². The molecule has 4 nitrogen and oxygen atoms in total. The molecule has 0 aliphatic rings. The number of hydrogen-bond donors (Lipinski definition) is 0. The van der Waals surface area contributed by atoms with E-state index < -0.39 is 24.0 Å². The van der Waals surface area contributed by atoms with Gasteiger partial charge in [0.15, 0.2) is 0 Å². The summed E-state index contributed by atoms with van der Waals surface area (Å²) in [7, 11) is 0. The van der Waals surface area contributed by atoms with Crippen molar-refractivity contribution in [2.24, 2.45) is 0 Å². The Kier molecular flexibility index (Phi) is 3.56. The summed E-state index contributed by atoms with van der Waals surface area (Å²) in [6, 6.07) is 8.01. The van der Waals surface area contributed by atoms with Gasteiger partial charge in [0, 0.05) is 0 Å². The van der Waals surface area contributed by atoms with Crippen molar-refractivity contribution in [1.82, 2.24) is 12.3 Å². The fourth-order valence-electron chi connectivity index (χ4n) is 2.28. The van der Waals surface area contributed by atoms with E-state index in [1.54, 1.807) is 6.20 Å². The van der Waals surface area contributed by atoms with Crippen molar-refractivity contribution in [3.63, 3.8) is 0 Å². The molecule has 0 fully saturated rings. The first-order chi connectivity index (χ1) is 9.72. The van der Waals surface area contributed by atoms with Crippen LogP contribution in [-0.2, 0) is 0 Å². The Bertz CT molecular complexity index is 823. The summed E-state index contributed by atoms with van der Waals surface area (Å²) < 4.78 is 6.31. The van der Waals surface area contributed by atoms with Crippen LogP contribution < -0.4 is 0 Å². The Balaban J connectivity index is 2.18. The number of pyridine rings is 1. The quantitative estimate of drug-likeness (QED) is 0.450. The molecule has 5 heteroatoms. The second-order valence-corrected chi connectivity index (χ2v) is 8.16. The first-order valence-electron chi connectivity index (χ1n) is 6.24. The van der Waals surface area contributed by atoms with Crippen molar-refractivity contribution < 1.29 is 4.79 Å². The molecule has 0 saturated heterocycles. The van der Waals surface area contributed by atoms with Gasteiger partial charge >= 0.3 is 129 Å². The second kappa shape index (κ2) is 5.36. The van der Waals surface area contributed by atoms with Gasteiger partial charge in [-0.2, -0.15) is 0 Å². The zero-order valence-corrected chi connectivity index (χ0v) is 15.6. The second-order valence-electron chi connectivity index (χ2n) is 4.58. The summed E-state index contributed by atoms with van der Waals surface area (Å²) in [5.41, 5.74) is 5.80. The molecule has 0 saturated carbocycles. The first-order valence-corrected chi connectivity index (χ1v) is 11.4. The molecular formula is C15H12N3OTl. The molecule has 20 heavy (non-hydrogen) atoms. The number of imidazole rings is 1. The predicted molar refractivity (Wildman–Crippen MR) is 81.4 cm³/mol. The van der Waals surface area contributed by atoms with Crippen molar-refractivity contribution in [1.29, 1.82) is 0 Å². The zero-order valence-electron chi connectivity index (χ0n) is 11.1. The molecule has 96 valence electrons. The van der Waals surface area contributed by atoms with Crippen LogP contribution in [0.2, 0.25) is 0 Å². The van der Waals surface area contributed by atoms with Crippen LogP contribution >= 0.6 is 0 Å². The Labute approximate surface area is 128 Å². The van der Waals surface area contributed by atoms with Gasteiger partial charge in [-0.25, -0.2) is 0 Å². The number of rotatable bonds is 3. The maximum atomic E-state index is 10.8. The standard InChI is InChI=1S/C14H11N3O.CH2.Tl/c1-9-4-11(7-18)15-6-12(9)10-2-3-13-14(5-10)17-8-16-13;;/h2-8H,1H3,(H,16,17,18);1H2;/q;;+1/p-1. The summed E-state index contributed by atoms with van der Waals surface area (Å²) in [6.45, 7) is 1.99. The van der Waals surface area contributed by atoms with Crippen LogP contribution in [0.15, 0.2) is 36.8 Å². The molecular weight excluding hydrogens is 443 g/mol. The third-order valence-electron chi connectivity index (χ3n) is 3.34. The van der Waals surface area contributed by atoms with Gasteiger partial charge in [-0.3, -0.25) is 0 Å². The van der Waals surface area contributed by atoms with Crippen molar-refractivity contribution in [3.8, 4) is 11.1 Å². The average Bonchev–Trinajstić information content (AvgIpc) is 2.89. The van der Waals surface area contributed by atoms with Gasteiger partial charge in [0.05, 0.1) is 0 Å². The van der Waals surface area contributed by atoms with E-state index in [4.69, 9.17) is 0 Å². The molecule has 3 aromatic rings. The van der Waals surface area contributed by atoms with E-state index in [0.717, 1.165) is 34.0 Å². The van der Waals surface area contributed by atoms with E-state index in [-0.39, 0.29) is 0 Å². The van der Waals surface area contributed by atoms with E-state index >= 15 is 0 Å². The molecule has 0 spiro atoms. The number of aromatic nitrogens is 3. The molecule has 2 aromatic heterocycles. The van der Waals surface area contributed by atoms with Crippen LogP contribution in [0.1, 0.15) is 16.1 Å². The molecule has 0 unspecified atom stereocenters. The van der Waals surface area contributed by atoms with Crippen LogP contribution in [-0.4, -0.2) is 46.7 Å². The van der Waals surface area contributed by atoms with E-state index in [1.165, 1.54) is 0 Å². The maximum absolute atomic E-state index is 10.8. The molecule has 3 rings (SSSR count). The Morgan fingerprint density at radius 1 is 1.30 bits per heavy atom. The minimum absolute atomic E-state index is 0.464. The number of nitrogens with zero attached hydrogens (tertiary/aromatic N) is 3. The topological polar surface area (TPSA) is 47.8 Å². The summed E-state index contributed by atoms with van der Waals surface area (Å²) in [5.74, 6) is 0. The number of aryl methyl sites for hydroxylation is 1. The zero-order chi connectivity index (χ0) is 14.1. The summed E-state index contributed by atoms with van der Waals surface area (Å²) in [4.78, 5) is 19.3. The third-order valence-corrected chi connectivity index (χ3v) is 6.46. The molecule has 0 N–H and O–H groups in total. The third kappa shape index (κ3) is 2.24. The van der Waals surface area contributed by atoms with Gasteiger partial charge in [0.2, 0.25) is 0 Å². The van der Waals surface area contributed by atoms with Crippen LogP contribution in [0.3, 0.4) is 0 Å². The van der Waals surface area contributed by atoms with E-state index in [9.17, 15) is 4.79 Å². The van der Waals surface area contributed by atoms with Crippen LogP contribution in [0.4, 0.5) is 0 Å². The van der Waals surface area contributed by atoms with E-state index in [0.29, 0.717) is 5.69 Å². The van der Waals surface area contributed by atoms with Crippen molar-refractivity contribution in [2.75, 3.05) is 0 Å². The number of carbonyl (C=O) groups is 1. The molecule has 0 aliphatic carbocycles. The number of hydrogen-bond acceptors (Lipinski definition) is 3. The first kappa shape index (κ1) is 13.3. The number of benzene rings is 1. The molecule has 0 bridgehead atoms. The normalized spacial score (nSPS) is 10.4. The summed E-state index contributed by atoms with van der Waals surface area (Å²) in [5, 5.41) is 0. The Morgan fingerprint density at radius 3 is 2.85 bits per heavy atom. The van der Waals surface area contributed by atoms with E-state index in [1.807, 2.05) is 31.5 Å². The molecule has 0 amide bonds. The molecule has 0 radical (unpaired) electrons. The minimum atomic E-state index is -1.16. The number of fused-ring (bicyclic) bond motifs is 1. The fourth-order valence-corrected chi connectivity index (χ4v) is 4.48. The molecule has 0 atom stereocenters. The van der Waals surface area contributed by atoms with Crippen LogP contribution in [0.5, 0.6) is 0 Å². The average molecular weight is 455 g/mol. The van der Waals surface area contributed by atoms with Crippen LogP contribution in [0, 0.1) is 6.92 Å². The van der Waals surface area contributed by atoms with Crippen molar-refractivity contribution >= 4 is 45.4 Å². The summed E-state index contributed by atoms with van der Waals surface area (Å²) >= 11 is -1.16. The monoisotopic (exact) mass is 455 g/mol. The van der Waals surface area contributed by atoms with Crippen molar-refractivity contribution in [3.05, 3.63) is 48.0 Å².